The highest BCUT2D eigenvalue weighted by Gasteiger charge is 2.32. The Labute approximate surface area is 102 Å². The number of rotatable bonds is 5. The van der Waals surface area contributed by atoms with Crippen LogP contribution < -0.4 is 5.32 Å². The molecule has 0 saturated heterocycles. The Morgan fingerprint density at radius 1 is 1.06 bits per heavy atom. The van der Waals surface area contributed by atoms with Crippen LogP contribution >= 0.6 is 0 Å². The van der Waals surface area contributed by atoms with Crippen LogP contribution in [-0.2, 0) is 0 Å². The minimum atomic E-state index is 0.755. The molecule has 0 bridgehead atoms. The lowest BCUT2D eigenvalue weighted by Gasteiger charge is -2.39. The Morgan fingerprint density at radius 2 is 1.69 bits per heavy atom. The van der Waals surface area contributed by atoms with E-state index >= 15 is 0 Å². The summed E-state index contributed by atoms with van der Waals surface area (Å²) < 4.78 is 0. The van der Waals surface area contributed by atoms with Gasteiger partial charge in [0.25, 0.3) is 0 Å². The van der Waals surface area contributed by atoms with Crippen molar-refractivity contribution in [2.75, 3.05) is 7.05 Å². The van der Waals surface area contributed by atoms with E-state index in [9.17, 15) is 0 Å². The van der Waals surface area contributed by atoms with Crippen LogP contribution in [0.5, 0.6) is 0 Å². The first-order chi connectivity index (χ1) is 7.63. The summed E-state index contributed by atoms with van der Waals surface area (Å²) in [5.41, 5.74) is 0. The molecule has 1 rings (SSSR count). The van der Waals surface area contributed by atoms with Gasteiger partial charge in [-0.15, -0.1) is 0 Å². The molecule has 1 aliphatic rings. The number of hydrogen-bond acceptors (Lipinski definition) is 1. The Hall–Kier alpha value is -0.0400. The lowest BCUT2D eigenvalue weighted by Crippen LogP contribution is -2.42. The van der Waals surface area contributed by atoms with Gasteiger partial charge in [-0.25, -0.2) is 0 Å². The van der Waals surface area contributed by atoms with E-state index in [-0.39, 0.29) is 0 Å². The van der Waals surface area contributed by atoms with Gasteiger partial charge >= 0.3 is 0 Å². The van der Waals surface area contributed by atoms with Crippen molar-refractivity contribution in [3.63, 3.8) is 0 Å². The van der Waals surface area contributed by atoms with Crippen molar-refractivity contribution >= 4 is 0 Å². The van der Waals surface area contributed by atoms with E-state index in [0.29, 0.717) is 0 Å². The molecule has 4 atom stereocenters. The maximum absolute atomic E-state index is 3.61. The molecule has 1 aliphatic carbocycles. The molecule has 0 amide bonds. The van der Waals surface area contributed by atoms with E-state index in [0.717, 1.165) is 29.7 Å². The maximum atomic E-state index is 3.61. The van der Waals surface area contributed by atoms with Crippen molar-refractivity contribution in [2.45, 2.75) is 65.8 Å². The molecule has 0 aromatic carbocycles. The second-order valence-electron chi connectivity index (χ2n) is 5.92. The Kier molecular flexibility index (Phi) is 5.82. The molecular weight excluding hydrogens is 194 g/mol. The molecule has 0 heterocycles. The SMILES string of the molecule is CCC(CC)C(NC)C1CCC(C)C(C)C1. The van der Waals surface area contributed by atoms with Gasteiger partial charge in [-0.3, -0.25) is 0 Å². The van der Waals surface area contributed by atoms with Crippen molar-refractivity contribution in [1.82, 2.24) is 5.32 Å². The summed E-state index contributed by atoms with van der Waals surface area (Å²) in [6, 6.07) is 0.755. The molecule has 96 valence electrons. The lowest BCUT2D eigenvalue weighted by molar-refractivity contribution is 0.141. The third-order valence-corrected chi connectivity index (χ3v) is 5.04. The summed E-state index contributed by atoms with van der Waals surface area (Å²) >= 11 is 0. The highest BCUT2D eigenvalue weighted by atomic mass is 14.9. The van der Waals surface area contributed by atoms with E-state index in [1.54, 1.807) is 0 Å². The Morgan fingerprint density at radius 3 is 2.12 bits per heavy atom. The Bertz CT molecular complexity index is 186. The van der Waals surface area contributed by atoms with Gasteiger partial charge in [0, 0.05) is 6.04 Å². The summed E-state index contributed by atoms with van der Waals surface area (Å²) in [6.45, 7) is 9.55. The van der Waals surface area contributed by atoms with Crippen molar-refractivity contribution in [1.29, 1.82) is 0 Å². The predicted octanol–water partition coefficient (Wildman–Crippen LogP) is 4.08. The van der Waals surface area contributed by atoms with Crippen molar-refractivity contribution in [3.05, 3.63) is 0 Å². The first-order valence-electron chi connectivity index (χ1n) is 7.31. The summed E-state index contributed by atoms with van der Waals surface area (Å²) in [5.74, 6) is 3.65. The average molecular weight is 225 g/mol. The van der Waals surface area contributed by atoms with E-state index in [4.69, 9.17) is 0 Å². The van der Waals surface area contributed by atoms with Crippen LogP contribution in [0.15, 0.2) is 0 Å². The third-order valence-electron chi connectivity index (χ3n) is 5.04. The van der Waals surface area contributed by atoms with Crippen LogP contribution in [0.1, 0.15) is 59.8 Å². The lowest BCUT2D eigenvalue weighted by atomic mass is 9.70. The average Bonchev–Trinajstić information content (AvgIpc) is 2.29. The molecule has 0 spiro atoms. The molecule has 1 saturated carbocycles. The van der Waals surface area contributed by atoms with Gasteiger partial charge in [-0.1, -0.05) is 47.0 Å². The third kappa shape index (κ3) is 3.23. The molecule has 0 aromatic heterocycles. The molecule has 4 unspecified atom stereocenters. The molecular formula is C15H31N. The van der Waals surface area contributed by atoms with Crippen LogP contribution in [0.3, 0.4) is 0 Å². The van der Waals surface area contributed by atoms with Gasteiger partial charge in [0.2, 0.25) is 0 Å². The van der Waals surface area contributed by atoms with Crippen molar-refractivity contribution in [3.8, 4) is 0 Å². The molecule has 0 aliphatic heterocycles. The summed E-state index contributed by atoms with van der Waals surface area (Å²) in [7, 11) is 2.16. The zero-order valence-corrected chi connectivity index (χ0v) is 11.9. The van der Waals surface area contributed by atoms with Gasteiger partial charge in [0.05, 0.1) is 0 Å². The van der Waals surface area contributed by atoms with Gasteiger partial charge in [0.15, 0.2) is 0 Å². The van der Waals surface area contributed by atoms with Crippen LogP contribution in [0.4, 0.5) is 0 Å². The highest BCUT2D eigenvalue weighted by molar-refractivity contribution is 4.86. The quantitative estimate of drug-likeness (QED) is 0.743. The molecule has 1 N–H and O–H groups in total. The number of hydrogen-bond donors (Lipinski definition) is 1. The fourth-order valence-corrected chi connectivity index (χ4v) is 3.57. The largest absolute Gasteiger partial charge is 0.316 e. The van der Waals surface area contributed by atoms with E-state index in [1.807, 2.05) is 0 Å². The van der Waals surface area contributed by atoms with Crippen LogP contribution in [0, 0.1) is 23.7 Å². The second kappa shape index (κ2) is 6.64. The molecule has 1 fully saturated rings. The van der Waals surface area contributed by atoms with E-state index in [2.05, 4.69) is 40.1 Å². The standard InChI is InChI=1S/C15H31N/c1-6-13(7-2)15(16-5)14-9-8-11(3)12(4)10-14/h11-16H,6-10H2,1-5H3. The smallest absolute Gasteiger partial charge is 0.0120 e. The van der Waals surface area contributed by atoms with Gasteiger partial charge < -0.3 is 5.32 Å². The predicted molar refractivity (Wildman–Crippen MR) is 72.6 cm³/mol. The first kappa shape index (κ1) is 14.0. The Balaban J connectivity index is 2.59. The summed E-state index contributed by atoms with van der Waals surface area (Å²) in [4.78, 5) is 0. The van der Waals surface area contributed by atoms with Gasteiger partial charge in [0.1, 0.15) is 0 Å². The fraction of sp³-hybridized carbons (Fsp3) is 1.00. The topological polar surface area (TPSA) is 12.0 Å². The number of nitrogens with one attached hydrogen (secondary N) is 1. The van der Waals surface area contributed by atoms with Gasteiger partial charge in [-0.2, -0.15) is 0 Å². The van der Waals surface area contributed by atoms with E-state index in [1.165, 1.54) is 32.1 Å². The minimum absolute atomic E-state index is 0.755. The zero-order chi connectivity index (χ0) is 12.1. The molecule has 1 nitrogen and oxygen atoms in total. The summed E-state index contributed by atoms with van der Waals surface area (Å²) in [5, 5.41) is 3.61. The summed E-state index contributed by atoms with van der Waals surface area (Å²) in [6.07, 6.45) is 6.95. The monoisotopic (exact) mass is 225 g/mol. The molecule has 0 aromatic rings. The zero-order valence-electron chi connectivity index (χ0n) is 11.9. The van der Waals surface area contributed by atoms with Crippen LogP contribution in [0.2, 0.25) is 0 Å². The molecule has 1 heteroatoms. The van der Waals surface area contributed by atoms with Gasteiger partial charge in [-0.05, 0) is 43.6 Å². The van der Waals surface area contributed by atoms with Crippen LogP contribution in [0.25, 0.3) is 0 Å². The maximum Gasteiger partial charge on any atom is 0.0120 e. The molecule has 0 radical (unpaired) electrons. The van der Waals surface area contributed by atoms with Crippen molar-refractivity contribution < 1.29 is 0 Å². The van der Waals surface area contributed by atoms with Crippen LogP contribution in [-0.4, -0.2) is 13.1 Å². The highest BCUT2D eigenvalue weighted by Crippen LogP contribution is 2.37. The molecule has 16 heavy (non-hydrogen) atoms. The van der Waals surface area contributed by atoms with E-state index < -0.39 is 0 Å². The normalized spacial score (nSPS) is 33.0. The second-order valence-corrected chi connectivity index (χ2v) is 5.92. The first-order valence-corrected chi connectivity index (χ1v) is 7.31. The minimum Gasteiger partial charge on any atom is -0.316 e. The van der Waals surface area contributed by atoms with Crippen molar-refractivity contribution in [2.24, 2.45) is 23.7 Å². The fourth-order valence-electron chi connectivity index (χ4n) is 3.57.